The van der Waals surface area contributed by atoms with Crippen LogP contribution in [-0.2, 0) is 10.2 Å². The first-order valence-electron chi connectivity index (χ1n) is 4.81. The van der Waals surface area contributed by atoms with Gasteiger partial charge < -0.3 is 5.11 Å². The molecule has 0 unspecified atom stereocenters. The van der Waals surface area contributed by atoms with E-state index in [1.54, 1.807) is 0 Å². The second-order valence-corrected chi connectivity index (χ2v) is 4.50. The molecule has 0 atom stereocenters. The summed E-state index contributed by atoms with van der Waals surface area (Å²) in [6.45, 7) is 0. The van der Waals surface area contributed by atoms with Crippen molar-refractivity contribution in [3.05, 3.63) is 34.4 Å². The lowest BCUT2D eigenvalue weighted by Gasteiger charge is -2.14. The Morgan fingerprint density at radius 2 is 2.00 bits per heavy atom. The van der Waals surface area contributed by atoms with Crippen molar-refractivity contribution < 1.29 is 18.7 Å². The summed E-state index contributed by atoms with van der Waals surface area (Å²) >= 11 is 5.43. The molecule has 0 radical (unpaired) electrons. The van der Waals surface area contributed by atoms with E-state index in [4.69, 9.17) is 16.7 Å². The van der Waals surface area contributed by atoms with Gasteiger partial charge >= 0.3 is 5.97 Å². The van der Waals surface area contributed by atoms with Crippen molar-refractivity contribution in [1.29, 1.82) is 0 Å². The Balaban J connectivity index is 2.41. The van der Waals surface area contributed by atoms with Gasteiger partial charge in [0.1, 0.15) is 11.6 Å². The van der Waals surface area contributed by atoms with E-state index in [1.165, 1.54) is 0 Å². The SMILES string of the molecule is O=C(O)CC1(c2cc(F)c(Cl)cc2F)CC1. The molecular weight excluding hydrogens is 238 g/mol. The van der Waals surface area contributed by atoms with Crippen LogP contribution in [0.2, 0.25) is 5.02 Å². The Kier molecular flexibility index (Phi) is 2.62. The first kappa shape index (κ1) is 11.3. The molecule has 16 heavy (non-hydrogen) atoms. The summed E-state index contributed by atoms with van der Waals surface area (Å²) < 4.78 is 26.8. The van der Waals surface area contributed by atoms with Crippen molar-refractivity contribution in [2.75, 3.05) is 0 Å². The molecule has 1 aliphatic carbocycles. The second kappa shape index (κ2) is 3.70. The van der Waals surface area contributed by atoms with E-state index >= 15 is 0 Å². The molecule has 2 nitrogen and oxygen atoms in total. The normalized spacial score (nSPS) is 17.2. The lowest BCUT2D eigenvalue weighted by molar-refractivity contribution is -0.137. The summed E-state index contributed by atoms with van der Waals surface area (Å²) in [6, 6.07) is 1.90. The molecule has 5 heteroatoms. The number of hydrogen-bond acceptors (Lipinski definition) is 1. The quantitative estimate of drug-likeness (QED) is 0.832. The van der Waals surface area contributed by atoms with Gasteiger partial charge in [-0.1, -0.05) is 11.6 Å². The number of rotatable bonds is 3. The minimum Gasteiger partial charge on any atom is -0.481 e. The van der Waals surface area contributed by atoms with Gasteiger partial charge in [-0.15, -0.1) is 0 Å². The van der Waals surface area contributed by atoms with Crippen molar-refractivity contribution in [3.63, 3.8) is 0 Å². The van der Waals surface area contributed by atoms with E-state index in [0.717, 1.165) is 12.1 Å². The number of carbonyl (C=O) groups is 1. The standard InChI is InChI=1S/C11H9ClF2O2/c12-7-4-8(13)6(3-9(7)14)11(1-2-11)5-10(15)16/h3-4H,1-2,5H2,(H,15,16). The van der Waals surface area contributed by atoms with Crippen molar-refractivity contribution >= 4 is 17.6 Å². The van der Waals surface area contributed by atoms with Crippen LogP contribution in [0.15, 0.2) is 12.1 Å². The molecule has 1 fully saturated rings. The van der Waals surface area contributed by atoms with Crippen LogP contribution >= 0.6 is 11.6 Å². The van der Waals surface area contributed by atoms with Crippen LogP contribution in [0.25, 0.3) is 0 Å². The first-order chi connectivity index (χ1) is 7.44. The highest BCUT2D eigenvalue weighted by atomic mass is 35.5. The van der Waals surface area contributed by atoms with Crippen LogP contribution in [0.3, 0.4) is 0 Å². The van der Waals surface area contributed by atoms with Gasteiger partial charge in [-0.05, 0) is 30.5 Å². The van der Waals surface area contributed by atoms with E-state index in [9.17, 15) is 13.6 Å². The molecule has 0 spiro atoms. The minimum atomic E-state index is -1.01. The average Bonchev–Trinajstić information content (AvgIpc) is 2.91. The van der Waals surface area contributed by atoms with Gasteiger partial charge in [0, 0.05) is 5.41 Å². The zero-order chi connectivity index (χ0) is 11.9. The van der Waals surface area contributed by atoms with Crippen molar-refractivity contribution in [1.82, 2.24) is 0 Å². The fourth-order valence-electron chi connectivity index (χ4n) is 1.91. The van der Waals surface area contributed by atoms with E-state index < -0.39 is 23.0 Å². The van der Waals surface area contributed by atoms with Gasteiger partial charge in [0.15, 0.2) is 0 Å². The van der Waals surface area contributed by atoms with Gasteiger partial charge in [-0.25, -0.2) is 8.78 Å². The summed E-state index contributed by atoms with van der Waals surface area (Å²) in [7, 11) is 0. The Bertz CT molecular complexity index is 456. The number of hydrogen-bond donors (Lipinski definition) is 1. The van der Waals surface area contributed by atoms with Crippen LogP contribution in [0.4, 0.5) is 8.78 Å². The van der Waals surface area contributed by atoms with E-state index in [1.807, 2.05) is 0 Å². The molecule has 0 bridgehead atoms. The molecule has 86 valence electrons. The topological polar surface area (TPSA) is 37.3 Å². The lowest BCUT2D eigenvalue weighted by Crippen LogP contribution is -2.15. The molecule has 1 N–H and O–H groups in total. The molecule has 1 aromatic carbocycles. The molecule has 2 rings (SSSR count). The Morgan fingerprint density at radius 1 is 1.38 bits per heavy atom. The van der Waals surface area contributed by atoms with Crippen LogP contribution < -0.4 is 0 Å². The molecule has 1 aromatic rings. The molecule has 1 saturated carbocycles. The third-order valence-electron chi connectivity index (χ3n) is 2.92. The summed E-state index contributed by atoms with van der Waals surface area (Å²) in [5, 5.41) is 8.44. The molecule has 0 aromatic heterocycles. The Labute approximate surface area is 95.8 Å². The lowest BCUT2D eigenvalue weighted by atomic mass is 9.92. The van der Waals surface area contributed by atoms with Crippen LogP contribution in [0.1, 0.15) is 24.8 Å². The van der Waals surface area contributed by atoms with Crippen LogP contribution in [-0.4, -0.2) is 11.1 Å². The Morgan fingerprint density at radius 3 is 2.50 bits per heavy atom. The van der Waals surface area contributed by atoms with Gasteiger partial charge in [0.05, 0.1) is 11.4 Å². The maximum Gasteiger partial charge on any atom is 0.304 e. The maximum atomic E-state index is 13.6. The van der Waals surface area contributed by atoms with Gasteiger partial charge in [-0.2, -0.15) is 0 Å². The van der Waals surface area contributed by atoms with Crippen molar-refractivity contribution in [3.8, 4) is 0 Å². The van der Waals surface area contributed by atoms with E-state index in [0.29, 0.717) is 12.8 Å². The third-order valence-corrected chi connectivity index (χ3v) is 3.21. The van der Waals surface area contributed by atoms with Gasteiger partial charge in [-0.3, -0.25) is 4.79 Å². The highest BCUT2D eigenvalue weighted by Crippen LogP contribution is 2.52. The van der Waals surface area contributed by atoms with E-state index in [-0.39, 0.29) is 17.0 Å². The van der Waals surface area contributed by atoms with Crippen molar-refractivity contribution in [2.45, 2.75) is 24.7 Å². The molecule has 0 amide bonds. The zero-order valence-electron chi connectivity index (χ0n) is 8.27. The first-order valence-corrected chi connectivity index (χ1v) is 5.19. The predicted octanol–water partition coefficient (Wildman–Crippen LogP) is 3.12. The van der Waals surface area contributed by atoms with E-state index in [2.05, 4.69) is 0 Å². The fraction of sp³-hybridized carbons (Fsp3) is 0.364. The summed E-state index contributed by atoms with van der Waals surface area (Å²) in [5.41, 5.74) is -0.613. The van der Waals surface area contributed by atoms with Gasteiger partial charge in [0.25, 0.3) is 0 Å². The minimum absolute atomic E-state index is 0.122. The number of carboxylic acids is 1. The summed E-state index contributed by atoms with van der Waals surface area (Å²) in [6.07, 6.45) is 0.958. The maximum absolute atomic E-state index is 13.6. The highest BCUT2D eigenvalue weighted by Gasteiger charge is 2.47. The predicted molar refractivity (Wildman–Crippen MR) is 54.5 cm³/mol. The third kappa shape index (κ3) is 1.89. The van der Waals surface area contributed by atoms with Gasteiger partial charge in [0.2, 0.25) is 0 Å². The fourth-order valence-corrected chi connectivity index (χ4v) is 2.06. The summed E-state index contributed by atoms with van der Waals surface area (Å²) in [5.74, 6) is -2.35. The number of aliphatic carboxylic acids is 1. The largest absolute Gasteiger partial charge is 0.481 e. The van der Waals surface area contributed by atoms with Crippen LogP contribution in [0.5, 0.6) is 0 Å². The molecule has 1 aliphatic rings. The molecule has 0 aliphatic heterocycles. The second-order valence-electron chi connectivity index (χ2n) is 4.10. The summed E-state index contributed by atoms with van der Waals surface area (Å²) in [4.78, 5) is 10.6. The number of benzene rings is 1. The smallest absolute Gasteiger partial charge is 0.304 e. The zero-order valence-corrected chi connectivity index (χ0v) is 9.02. The molecular formula is C11H9ClF2O2. The van der Waals surface area contributed by atoms with Crippen molar-refractivity contribution in [2.24, 2.45) is 0 Å². The highest BCUT2D eigenvalue weighted by molar-refractivity contribution is 6.30. The number of carboxylic acid groups (broad SMARTS) is 1. The number of halogens is 3. The average molecular weight is 247 g/mol. The van der Waals surface area contributed by atoms with Crippen LogP contribution in [0, 0.1) is 11.6 Å². The monoisotopic (exact) mass is 246 g/mol. The molecule has 0 heterocycles. The Hall–Kier alpha value is -1.16. The molecule has 0 saturated heterocycles.